The Bertz CT molecular complexity index is 339. The Kier molecular flexibility index (Phi) is 5.76. The standard InChI is InChI=1S/C10H16N2O2S2/c1-4-5-15-9-8(11-16-12-9)6-14-10(13)7(2)3/h7H,4-6H2,1-3H3. The highest BCUT2D eigenvalue weighted by Crippen LogP contribution is 2.22. The second-order valence-corrected chi connectivity index (χ2v) is 5.24. The van der Waals surface area contributed by atoms with Gasteiger partial charge in [-0.05, 0) is 12.2 Å². The molecule has 0 amide bonds. The molecule has 0 aromatic carbocycles. The van der Waals surface area contributed by atoms with Gasteiger partial charge < -0.3 is 4.74 Å². The SMILES string of the molecule is CCCSc1nsnc1COC(=O)C(C)C. The molecule has 1 heterocycles. The van der Waals surface area contributed by atoms with E-state index in [1.807, 2.05) is 13.8 Å². The van der Waals surface area contributed by atoms with Crippen molar-refractivity contribution in [2.75, 3.05) is 5.75 Å². The zero-order valence-corrected chi connectivity index (χ0v) is 11.4. The molecule has 0 bridgehead atoms. The van der Waals surface area contributed by atoms with E-state index in [2.05, 4.69) is 15.7 Å². The fourth-order valence-corrected chi connectivity index (χ4v) is 2.40. The third-order valence-electron chi connectivity index (χ3n) is 1.79. The molecule has 1 aromatic heterocycles. The number of esters is 1. The lowest BCUT2D eigenvalue weighted by Crippen LogP contribution is -2.11. The number of carbonyl (C=O) groups is 1. The predicted molar refractivity (Wildman–Crippen MR) is 65.6 cm³/mol. The monoisotopic (exact) mass is 260 g/mol. The number of ether oxygens (including phenoxy) is 1. The first kappa shape index (κ1) is 13.4. The van der Waals surface area contributed by atoms with Crippen LogP contribution >= 0.6 is 23.5 Å². The summed E-state index contributed by atoms with van der Waals surface area (Å²) >= 11 is 2.82. The van der Waals surface area contributed by atoms with Gasteiger partial charge >= 0.3 is 5.97 Å². The number of nitrogens with zero attached hydrogens (tertiary/aromatic N) is 2. The van der Waals surface area contributed by atoms with Crippen molar-refractivity contribution in [2.24, 2.45) is 5.92 Å². The van der Waals surface area contributed by atoms with Crippen molar-refractivity contribution in [3.05, 3.63) is 5.69 Å². The Morgan fingerprint density at radius 2 is 2.25 bits per heavy atom. The Morgan fingerprint density at radius 3 is 2.88 bits per heavy atom. The molecule has 0 spiro atoms. The number of carbonyl (C=O) groups excluding carboxylic acids is 1. The number of hydrogen-bond donors (Lipinski definition) is 0. The molecule has 1 aromatic rings. The first-order valence-corrected chi connectivity index (χ1v) is 6.97. The maximum atomic E-state index is 11.3. The van der Waals surface area contributed by atoms with Gasteiger partial charge in [-0.3, -0.25) is 4.79 Å². The summed E-state index contributed by atoms with van der Waals surface area (Å²) in [6, 6.07) is 0. The highest BCUT2D eigenvalue weighted by Gasteiger charge is 2.13. The molecule has 0 aliphatic carbocycles. The smallest absolute Gasteiger partial charge is 0.308 e. The molecule has 0 fully saturated rings. The molecule has 6 heteroatoms. The van der Waals surface area contributed by atoms with Crippen LogP contribution in [-0.2, 0) is 16.1 Å². The van der Waals surface area contributed by atoms with E-state index >= 15 is 0 Å². The van der Waals surface area contributed by atoms with Crippen LogP contribution in [0.3, 0.4) is 0 Å². The molecule has 0 N–H and O–H groups in total. The van der Waals surface area contributed by atoms with Crippen molar-refractivity contribution in [1.82, 2.24) is 8.75 Å². The fourth-order valence-electron chi connectivity index (χ4n) is 0.901. The van der Waals surface area contributed by atoms with E-state index in [4.69, 9.17) is 4.74 Å². The van der Waals surface area contributed by atoms with Gasteiger partial charge in [0.2, 0.25) is 0 Å². The van der Waals surface area contributed by atoms with Crippen molar-refractivity contribution in [1.29, 1.82) is 0 Å². The third kappa shape index (κ3) is 4.09. The average Bonchev–Trinajstić information content (AvgIpc) is 2.70. The van der Waals surface area contributed by atoms with Crippen LogP contribution in [0, 0.1) is 5.92 Å². The first-order chi connectivity index (χ1) is 7.65. The molecule has 0 saturated carbocycles. The predicted octanol–water partition coefficient (Wildman–Crippen LogP) is 2.74. The van der Waals surface area contributed by atoms with E-state index in [0.29, 0.717) is 0 Å². The van der Waals surface area contributed by atoms with E-state index in [-0.39, 0.29) is 18.5 Å². The van der Waals surface area contributed by atoms with E-state index in [0.717, 1.165) is 34.6 Å². The highest BCUT2D eigenvalue weighted by atomic mass is 32.2. The molecule has 0 saturated heterocycles. The van der Waals surface area contributed by atoms with Crippen molar-refractivity contribution in [3.8, 4) is 0 Å². The number of thioether (sulfide) groups is 1. The maximum Gasteiger partial charge on any atom is 0.308 e. The Balaban J connectivity index is 2.47. The summed E-state index contributed by atoms with van der Waals surface area (Å²) in [6.07, 6.45) is 1.09. The van der Waals surface area contributed by atoms with Crippen LogP contribution in [0.1, 0.15) is 32.9 Å². The lowest BCUT2D eigenvalue weighted by Gasteiger charge is -2.05. The van der Waals surface area contributed by atoms with Gasteiger partial charge in [-0.15, -0.1) is 11.8 Å². The zero-order valence-electron chi connectivity index (χ0n) is 9.73. The summed E-state index contributed by atoms with van der Waals surface area (Å²) in [5.74, 6) is 0.717. The van der Waals surface area contributed by atoms with E-state index in [1.165, 1.54) is 0 Å². The number of aromatic nitrogens is 2. The normalized spacial score (nSPS) is 10.8. The Labute approximate surface area is 104 Å². The summed E-state index contributed by atoms with van der Waals surface area (Å²) in [5, 5.41) is 0.892. The minimum atomic E-state index is -0.195. The Hall–Kier alpha value is -0.620. The van der Waals surface area contributed by atoms with Crippen LogP contribution in [-0.4, -0.2) is 20.5 Å². The largest absolute Gasteiger partial charge is 0.459 e. The van der Waals surface area contributed by atoms with Crippen molar-refractivity contribution < 1.29 is 9.53 Å². The summed E-state index contributed by atoms with van der Waals surface area (Å²) in [7, 11) is 0. The van der Waals surface area contributed by atoms with Crippen LogP contribution in [0.4, 0.5) is 0 Å². The molecule has 0 radical (unpaired) electrons. The van der Waals surface area contributed by atoms with Crippen LogP contribution in [0.15, 0.2) is 5.03 Å². The van der Waals surface area contributed by atoms with Crippen LogP contribution in [0.5, 0.6) is 0 Å². The van der Waals surface area contributed by atoms with Gasteiger partial charge in [-0.25, -0.2) is 0 Å². The number of rotatable bonds is 6. The van der Waals surface area contributed by atoms with E-state index < -0.39 is 0 Å². The zero-order chi connectivity index (χ0) is 12.0. The van der Waals surface area contributed by atoms with E-state index in [1.54, 1.807) is 11.8 Å². The lowest BCUT2D eigenvalue weighted by atomic mass is 10.2. The maximum absolute atomic E-state index is 11.3. The first-order valence-electron chi connectivity index (χ1n) is 5.26. The lowest BCUT2D eigenvalue weighted by molar-refractivity contribution is -0.148. The molecule has 1 rings (SSSR count). The molecule has 4 nitrogen and oxygen atoms in total. The average molecular weight is 260 g/mol. The summed E-state index contributed by atoms with van der Waals surface area (Å²) in [6.45, 7) is 5.98. The van der Waals surface area contributed by atoms with Gasteiger partial charge in [0.25, 0.3) is 0 Å². The third-order valence-corrected chi connectivity index (χ3v) is 3.68. The molecule has 0 atom stereocenters. The molecule has 0 aliphatic rings. The van der Waals surface area contributed by atoms with Crippen LogP contribution in [0.2, 0.25) is 0 Å². The minimum Gasteiger partial charge on any atom is -0.459 e. The molecule has 0 unspecified atom stereocenters. The summed E-state index contributed by atoms with van der Waals surface area (Å²) < 4.78 is 13.4. The van der Waals surface area contributed by atoms with Crippen LogP contribution < -0.4 is 0 Å². The molecular formula is C10H16N2O2S2. The second-order valence-electron chi connectivity index (χ2n) is 3.63. The van der Waals surface area contributed by atoms with Gasteiger partial charge in [0.15, 0.2) is 0 Å². The fraction of sp³-hybridized carbons (Fsp3) is 0.700. The second kappa shape index (κ2) is 6.85. The number of hydrogen-bond acceptors (Lipinski definition) is 6. The molecule has 16 heavy (non-hydrogen) atoms. The van der Waals surface area contributed by atoms with Crippen molar-refractivity contribution in [2.45, 2.75) is 38.8 Å². The van der Waals surface area contributed by atoms with E-state index in [9.17, 15) is 4.79 Å². The van der Waals surface area contributed by atoms with Crippen molar-refractivity contribution >= 4 is 29.5 Å². The van der Waals surface area contributed by atoms with Gasteiger partial charge in [-0.1, -0.05) is 20.8 Å². The Morgan fingerprint density at radius 1 is 1.50 bits per heavy atom. The molecule has 0 aliphatic heterocycles. The molecular weight excluding hydrogens is 244 g/mol. The summed E-state index contributed by atoms with van der Waals surface area (Å²) in [5.41, 5.74) is 0.775. The van der Waals surface area contributed by atoms with Crippen molar-refractivity contribution in [3.63, 3.8) is 0 Å². The van der Waals surface area contributed by atoms with Gasteiger partial charge in [0.05, 0.1) is 17.6 Å². The highest BCUT2D eigenvalue weighted by molar-refractivity contribution is 7.99. The summed E-state index contributed by atoms with van der Waals surface area (Å²) in [4.78, 5) is 11.3. The van der Waals surface area contributed by atoms with Crippen LogP contribution in [0.25, 0.3) is 0 Å². The topological polar surface area (TPSA) is 52.1 Å². The molecule has 90 valence electrons. The quantitative estimate of drug-likeness (QED) is 0.581. The minimum absolute atomic E-state index is 0.0988. The van der Waals surface area contributed by atoms with Gasteiger partial charge in [0.1, 0.15) is 17.3 Å². The van der Waals surface area contributed by atoms with Gasteiger partial charge in [0, 0.05) is 0 Å². The van der Waals surface area contributed by atoms with Gasteiger partial charge in [-0.2, -0.15) is 8.75 Å².